The highest BCUT2D eigenvalue weighted by molar-refractivity contribution is 7.89. The average molecular weight is 432 g/mol. The normalized spacial score (nSPS) is 11.2. The van der Waals surface area contributed by atoms with E-state index < -0.39 is 10.0 Å². The Morgan fingerprint density at radius 2 is 1.43 bits per heavy atom. The van der Waals surface area contributed by atoms with Crippen LogP contribution in [0.15, 0.2) is 53.4 Å². The summed E-state index contributed by atoms with van der Waals surface area (Å²) in [5.74, 6) is -0.772. The minimum Gasteiger partial charge on any atom is -0.351 e. The quantitative estimate of drug-likeness (QED) is 0.415. The third kappa shape index (κ3) is 6.50. The molecule has 0 spiro atoms. The van der Waals surface area contributed by atoms with Crippen LogP contribution >= 0.6 is 0 Å². The Labute approximate surface area is 176 Å². The molecular weight excluding hydrogens is 406 g/mol. The van der Waals surface area contributed by atoms with Crippen LogP contribution < -0.4 is 15.4 Å². The number of benzene rings is 2. The maximum atomic E-state index is 12.3. The van der Waals surface area contributed by atoms with Crippen LogP contribution in [0.4, 0.5) is 5.69 Å². The summed E-state index contributed by atoms with van der Waals surface area (Å²) in [6, 6.07) is 12.0. The number of Topliss-reactive ketones (excluding diaryl/α,β-unsaturated/α-hetero) is 1. The van der Waals surface area contributed by atoms with E-state index in [0.29, 0.717) is 16.8 Å². The third-order valence-electron chi connectivity index (χ3n) is 4.21. The highest BCUT2D eigenvalue weighted by atomic mass is 32.2. The highest BCUT2D eigenvalue weighted by Crippen LogP contribution is 2.12. The predicted molar refractivity (Wildman–Crippen MR) is 114 cm³/mol. The molecule has 2 aromatic rings. The number of anilines is 1. The fourth-order valence-corrected chi connectivity index (χ4v) is 3.44. The van der Waals surface area contributed by atoms with E-state index in [2.05, 4.69) is 15.4 Å². The first kappa shape index (κ1) is 23.2. The van der Waals surface area contributed by atoms with Crippen molar-refractivity contribution in [3.8, 4) is 0 Å². The molecule has 2 rings (SSSR count). The van der Waals surface area contributed by atoms with Gasteiger partial charge in [-0.15, -0.1) is 0 Å². The lowest BCUT2D eigenvalue weighted by atomic mass is 10.1. The molecule has 0 bridgehead atoms. The van der Waals surface area contributed by atoms with Crippen molar-refractivity contribution in [2.75, 3.05) is 18.4 Å². The number of carbonyl (C=O) groups is 3. The molecule has 2 aromatic carbocycles. The third-order valence-corrected chi connectivity index (χ3v) is 5.69. The van der Waals surface area contributed by atoms with Crippen LogP contribution in [0.25, 0.3) is 0 Å². The fraction of sp³-hybridized carbons (Fsp3) is 0.286. The number of rotatable bonds is 9. The second-order valence-electron chi connectivity index (χ2n) is 6.96. The lowest BCUT2D eigenvalue weighted by molar-refractivity contribution is -0.118. The fourth-order valence-electron chi connectivity index (χ4n) is 2.41. The van der Waals surface area contributed by atoms with Gasteiger partial charge in [0.2, 0.25) is 15.9 Å². The summed E-state index contributed by atoms with van der Waals surface area (Å²) in [5.41, 5.74) is 1.41. The second kappa shape index (κ2) is 10.1. The van der Waals surface area contributed by atoms with Crippen LogP contribution in [0.2, 0.25) is 0 Å². The van der Waals surface area contributed by atoms with Gasteiger partial charge in [-0.25, -0.2) is 13.1 Å². The van der Waals surface area contributed by atoms with E-state index in [1.807, 2.05) is 0 Å². The maximum Gasteiger partial charge on any atom is 0.251 e. The van der Waals surface area contributed by atoms with E-state index in [1.165, 1.54) is 31.2 Å². The van der Waals surface area contributed by atoms with Gasteiger partial charge in [-0.1, -0.05) is 26.0 Å². The van der Waals surface area contributed by atoms with Crippen molar-refractivity contribution in [1.82, 2.24) is 10.0 Å². The van der Waals surface area contributed by atoms with Crippen molar-refractivity contribution in [3.63, 3.8) is 0 Å². The molecule has 3 N–H and O–H groups in total. The molecule has 30 heavy (non-hydrogen) atoms. The number of nitrogens with one attached hydrogen (secondary N) is 3. The van der Waals surface area contributed by atoms with Crippen molar-refractivity contribution in [2.45, 2.75) is 25.7 Å². The van der Waals surface area contributed by atoms with Crippen LogP contribution in [0.5, 0.6) is 0 Å². The molecule has 0 aliphatic carbocycles. The van der Waals surface area contributed by atoms with E-state index in [0.717, 1.165) is 0 Å². The first-order chi connectivity index (χ1) is 14.1. The molecule has 0 aliphatic rings. The summed E-state index contributed by atoms with van der Waals surface area (Å²) >= 11 is 0. The largest absolute Gasteiger partial charge is 0.351 e. The van der Waals surface area contributed by atoms with Crippen molar-refractivity contribution in [2.24, 2.45) is 5.92 Å². The van der Waals surface area contributed by atoms with Crippen molar-refractivity contribution >= 4 is 33.3 Å². The summed E-state index contributed by atoms with van der Waals surface area (Å²) in [6.07, 6.45) is 0. The zero-order valence-corrected chi connectivity index (χ0v) is 17.9. The van der Waals surface area contributed by atoms with Crippen molar-refractivity contribution < 1.29 is 22.8 Å². The summed E-state index contributed by atoms with van der Waals surface area (Å²) in [7, 11) is -3.74. The molecule has 9 heteroatoms. The molecule has 0 saturated carbocycles. The molecule has 0 radical (unpaired) electrons. The van der Waals surface area contributed by atoms with E-state index in [4.69, 9.17) is 0 Å². The van der Waals surface area contributed by atoms with Crippen LogP contribution in [0, 0.1) is 5.92 Å². The molecular formula is C21H25N3O5S. The first-order valence-electron chi connectivity index (χ1n) is 9.40. The van der Waals surface area contributed by atoms with Crippen LogP contribution in [-0.4, -0.2) is 39.1 Å². The van der Waals surface area contributed by atoms with Gasteiger partial charge in [0.25, 0.3) is 5.91 Å². The Hall–Kier alpha value is -3.04. The first-order valence-corrected chi connectivity index (χ1v) is 10.9. The Kier molecular flexibility index (Phi) is 7.85. The predicted octanol–water partition coefficient (Wildman–Crippen LogP) is 2.19. The van der Waals surface area contributed by atoms with Gasteiger partial charge in [-0.05, 0) is 43.3 Å². The van der Waals surface area contributed by atoms with Crippen LogP contribution in [0.1, 0.15) is 41.5 Å². The van der Waals surface area contributed by atoms with Crippen LogP contribution in [0.3, 0.4) is 0 Å². The van der Waals surface area contributed by atoms with Gasteiger partial charge >= 0.3 is 0 Å². The number of carbonyl (C=O) groups excluding carboxylic acids is 3. The summed E-state index contributed by atoms with van der Waals surface area (Å²) in [6.45, 7) is 5.07. The molecule has 0 atom stereocenters. The van der Waals surface area contributed by atoms with Gasteiger partial charge in [0.15, 0.2) is 5.78 Å². The van der Waals surface area contributed by atoms with E-state index >= 15 is 0 Å². The average Bonchev–Trinajstić information content (AvgIpc) is 2.71. The number of amides is 2. The van der Waals surface area contributed by atoms with Crippen molar-refractivity contribution in [1.29, 1.82) is 0 Å². The van der Waals surface area contributed by atoms with Gasteiger partial charge in [-0.2, -0.15) is 0 Å². The monoisotopic (exact) mass is 431 g/mol. The highest BCUT2D eigenvalue weighted by Gasteiger charge is 2.14. The van der Waals surface area contributed by atoms with Crippen LogP contribution in [-0.2, 0) is 14.8 Å². The van der Waals surface area contributed by atoms with Crippen molar-refractivity contribution in [3.05, 3.63) is 59.7 Å². The van der Waals surface area contributed by atoms with Gasteiger partial charge in [0, 0.05) is 35.8 Å². The molecule has 0 saturated heterocycles. The van der Waals surface area contributed by atoms with Gasteiger partial charge in [0.05, 0.1) is 4.90 Å². The molecule has 8 nitrogen and oxygen atoms in total. The lowest BCUT2D eigenvalue weighted by Gasteiger charge is -2.10. The minimum atomic E-state index is -3.74. The Morgan fingerprint density at radius 1 is 0.867 bits per heavy atom. The molecule has 0 unspecified atom stereocenters. The molecule has 160 valence electrons. The number of sulfonamides is 1. The summed E-state index contributed by atoms with van der Waals surface area (Å²) in [4.78, 5) is 35.2. The lowest BCUT2D eigenvalue weighted by Crippen LogP contribution is -2.34. The zero-order chi connectivity index (χ0) is 22.3. The summed E-state index contributed by atoms with van der Waals surface area (Å²) in [5, 5.41) is 5.36. The Bertz CT molecular complexity index is 1010. The number of ketones is 1. The van der Waals surface area contributed by atoms with E-state index in [1.54, 1.807) is 38.1 Å². The Balaban J connectivity index is 1.84. The topological polar surface area (TPSA) is 121 Å². The number of hydrogen-bond acceptors (Lipinski definition) is 5. The molecule has 2 amide bonds. The van der Waals surface area contributed by atoms with E-state index in [9.17, 15) is 22.8 Å². The summed E-state index contributed by atoms with van der Waals surface area (Å²) < 4.78 is 26.9. The molecule has 0 aromatic heterocycles. The smallest absolute Gasteiger partial charge is 0.251 e. The van der Waals surface area contributed by atoms with Gasteiger partial charge in [-0.3, -0.25) is 14.4 Å². The molecule has 0 heterocycles. The maximum absolute atomic E-state index is 12.3. The zero-order valence-electron chi connectivity index (χ0n) is 17.1. The minimum absolute atomic E-state index is 0.00502. The molecule has 0 fully saturated rings. The SMILES string of the molecule is CC(=O)c1ccc(S(=O)(=O)NCCNC(=O)c2ccc(NC(=O)C(C)C)cc2)cc1. The number of hydrogen-bond donors (Lipinski definition) is 3. The van der Waals surface area contributed by atoms with Gasteiger partial charge in [0.1, 0.15) is 0 Å². The molecule has 0 aliphatic heterocycles. The standard InChI is InChI=1S/C21H25N3O5S/c1-14(2)20(26)24-18-8-4-17(5-9-18)21(27)22-12-13-23-30(28,29)19-10-6-16(7-11-19)15(3)25/h4-11,14,23H,12-13H2,1-3H3,(H,22,27)(H,24,26). The van der Waals surface area contributed by atoms with E-state index in [-0.39, 0.29) is 41.5 Å². The second-order valence-corrected chi connectivity index (χ2v) is 8.72. The Morgan fingerprint density at radius 3 is 1.97 bits per heavy atom. The van der Waals surface area contributed by atoms with Gasteiger partial charge < -0.3 is 10.6 Å².